The predicted molar refractivity (Wildman–Crippen MR) is 141 cm³/mol. The number of pyridine rings is 1. The smallest absolute Gasteiger partial charge is 0.228 e. The molecule has 0 radical (unpaired) electrons. The number of anilines is 1. The lowest BCUT2D eigenvalue weighted by Gasteiger charge is -2.30. The average Bonchev–Trinajstić information content (AvgIpc) is 2.77. The van der Waals surface area contributed by atoms with Gasteiger partial charge in [0.05, 0.1) is 11.2 Å². The van der Waals surface area contributed by atoms with E-state index >= 15 is 0 Å². The Bertz CT molecular complexity index is 1100. The van der Waals surface area contributed by atoms with E-state index in [9.17, 15) is 4.79 Å². The topological polar surface area (TPSA) is 69.3 Å². The van der Waals surface area contributed by atoms with E-state index in [0.29, 0.717) is 5.69 Å². The Morgan fingerprint density at radius 3 is 2.39 bits per heavy atom. The minimum absolute atomic E-state index is 0.144. The minimum atomic E-state index is -1.85. The van der Waals surface area contributed by atoms with Crippen molar-refractivity contribution in [2.24, 2.45) is 0 Å². The maximum atomic E-state index is 12.9. The van der Waals surface area contributed by atoms with Gasteiger partial charge in [0.2, 0.25) is 9.70 Å². The minimum Gasteiger partial charge on any atom is -0.339 e. The molecule has 0 fully saturated rings. The van der Waals surface area contributed by atoms with E-state index in [1.54, 1.807) is 6.20 Å². The number of halogens is 3. The molecule has 0 bridgehead atoms. The van der Waals surface area contributed by atoms with E-state index in [0.717, 1.165) is 16.5 Å². The summed E-state index contributed by atoms with van der Waals surface area (Å²) < 4.78 is -1.85. The molecule has 2 aromatic carbocycles. The number of fused-ring (bicyclic) bond motifs is 1. The van der Waals surface area contributed by atoms with Crippen molar-refractivity contribution in [2.45, 2.75) is 22.4 Å². The molecule has 0 spiro atoms. The van der Waals surface area contributed by atoms with Gasteiger partial charge < -0.3 is 20.9 Å². The van der Waals surface area contributed by atoms with E-state index in [2.05, 4.69) is 20.9 Å². The van der Waals surface area contributed by atoms with Gasteiger partial charge in [-0.2, -0.15) is 0 Å². The summed E-state index contributed by atoms with van der Waals surface area (Å²) in [5, 5.41) is 9.84. The lowest BCUT2D eigenvalue weighted by atomic mass is 10.0. The van der Waals surface area contributed by atoms with Gasteiger partial charge >= 0.3 is 0 Å². The number of nitrogens with zero attached hydrogens (tertiary/aromatic N) is 2. The third-order valence-electron chi connectivity index (χ3n) is 4.98. The summed E-state index contributed by atoms with van der Waals surface area (Å²) >= 11 is 23.9. The largest absolute Gasteiger partial charge is 0.339 e. The molecule has 2 atom stereocenters. The Morgan fingerprint density at radius 2 is 1.73 bits per heavy atom. The fourth-order valence-electron chi connectivity index (χ4n) is 3.36. The first-order valence-electron chi connectivity index (χ1n) is 10.1. The number of alkyl halides is 3. The summed E-state index contributed by atoms with van der Waals surface area (Å²) in [5.41, 5.74) is 2.45. The van der Waals surface area contributed by atoms with Crippen molar-refractivity contribution in [2.75, 3.05) is 19.4 Å². The Labute approximate surface area is 213 Å². The molecule has 6 nitrogen and oxygen atoms in total. The van der Waals surface area contributed by atoms with Gasteiger partial charge in [-0.15, -0.1) is 0 Å². The van der Waals surface area contributed by atoms with E-state index in [1.807, 2.05) is 79.7 Å². The summed E-state index contributed by atoms with van der Waals surface area (Å²) in [4.78, 5) is 19.2. The van der Waals surface area contributed by atoms with Crippen LogP contribution in [0, 0.1) is 0 Å². The summed E-state index contributed by atoms with van der Waals surface area (Å²) in [7, 11) is 3.82. The van der Waals surface area contributed by atoms with Crippen molar-refractivity contribution in [3.05, 3.63) is 72.4 Å². The van der Waals surface area contributed by atoms with Gasteiger partial charge in [0.15, 0.2) is 5.11 Å². The second-order valence-electron chi connectivity index (χ2n) is 7.62. The molecule has 0 aliphatic carbocycles. The van der Waals surface area contributed by atoms with Gasteiger partial charge in [-0.05, 0) is 44.0 Å². The van der Waals surface area contributed by atoms with Crippen LogP contribution >= 0.6 is 47.0 Å². The van der Waals surface area contributed by atoms with Crippen LogP contribution < -0.4 is 16.0 Å². The Kier molecular flexibility index (Phi) is 8.73. The van der Waals surface area contributed by atoms with Crippen molar-refractivity contribution in [1.82, 2.24) is 20.5 Å². The van der Waals surface area contributed by atoms with Gasteiger partial charge in [0.25, 0.3) is 0 Å². The predicted octanol–water partition coefficient (Wildman–Crippen LogP) is 5.03. The molecule has 33 heavy (non-hydrogen) atoms. The maximum absolute atomic E-state index is 12.9. The molecule has 1 heterocycles. The molecule has 1 aromatic heterocycles. The summed E-state index contributed by atoms with van der Waals surface area (Å²) in [6.07, 6.45) is 0.808. The highest BCUT2D eigenvalue weighted by molar-refractivity contribution is 7.80. The number of benzene rings is 2. The number of carbonyl (C=O) groups excluding carboxylic acids is 1. The Balaban J connectivity index is 1.69. The van der Waals surface area contributed by atoms with Crippen molar-refractivity contribution >= 4 is 74.6 Å². The number of para-hydroxylation sites is 1. The number of aromatic nitrogens is 1. The van der Waals surface area contributed by atoms with Gasteiger partial charge in [0.1, 0.15) is 6.17 Å². The third kappa shape index (κ3) is 7.16. The monoisotopic (exact) mass is 523 g/mol. The average molecular weight is 525 g/mol. The summed E-state index contributed by atoms with van der Waals surface area (Å²) in [6, 6.07) is 19.1. The van der Waals surface area contributed by atoms with Crippen molar-refractivity contribution in [3.63, 3.8) is 0 Å². The fraction of sp³-hybridized carbons (Fsp3) is 0.261. The number of rotatable bonds is 7. The van der Waals surface area contributed by atoms with Crippen LogP contribution in [0.3, 0.4) is 0 Å². The summed E-state index contributed by atoms with van der Waals surface area (Å²) in [6.45, 7) is 0. The van der Waals surface area contributed by atoms with Gasteiger partial charge in [-0.25, -0.2) is 0 Å². The number of amides is 1. The zero-order valence-electron chi connectivity index (χ0n) is 18.1. The van der Waals surface area contributed by atoms with Crippen LogP contribution in [0.1, 0.15) is 18.0 Å². The zero-order valence-corrected chi connectivity index (χ0v) is 21.1. The molecule has 0 aliphatic heterocycles. The molecule has 1 amide bonds. The Hall–Kier alpha value is -2.16. The van der Waals surface area contributed by atoms with Crippen LogP contribution in [0.15, 0.2) is 66.9 Å². The van der Waals surface area contributed by atoms with Gasteiger partial charge in [0, 0.05) is 24.0 Å². The molecule has 0 aliphatic rings. The molecule has 0 saturated carbocycles. The maximum Gasteiger partial charge on any atom is 0.228 e. The van der Waals surface area contributed by atoms with Crippen LogP contribution in [0.4, 0.5) is 5.69 Å². The fourth-order valence-corrected chi connectivity index (χ4v) is 3.92. The number of carbonyl (C=O) groups is 1. The number of hydrogen-bond acceptors (Lipinski definition) is 4. The van der Waals surface area contributed by atoms with Crippen LogP contribution in [-0.4, -0.2) is 45.0 Å². The number of nitrogens with one attached hydrogen (secondary N) is 3. The van der Waals surface area contributed by atoms with E-state index in [-0.39, 0.29) is 23.5 Å². The standard InChI is InChI=1S/C23H24Cl3N5OS/c1-31(2)18(15-8-4-3-5-9-15)14-19(32)29-21(23(24,25)26)30-22(33)28-17-12-6-10-16-11-7-13-27-20(16)17/h3-13,18,21H,14H2,1-2H3,(H,29,32)(H2,28,30,33). The Morgan fingerprint density at radius 1 is 1.03 bits per heavy atom. The molecule has 3 aromatic rings. The van der Waals surface area contributed by atoms with Crippen molar-refractivity contribution in [3.8, 4) is 0 Å². The number of hydrogen-bond donors (Lipinski definition) is 3. The molecule has 0 saturated heterocycles. The first-order chi connectivity index (χ1) is 15.6. The van der Waals surface area contributed by atoms with Crippen molar-refractivity contribution < 1.29 is 4.79 Å². The highest BCUT2D eigenvalue weighted by Gasteiger charge is 2.35. The molecule has 2 unspecified atom stereocenters. The van der Waals surface area contributed by atoms with Gasteiger partial charge in [-0.1, -0.05) is 83.3 Å². The quantitative estimate of drug-likeness (QED) is 0.229. The highest BCUT2D eigenvalue weighted by Crippen LogP contribution is 2.30. The lowest BCUT2D eigenvalue weighted by Crippen LogP contribution is -2.56. The normalized spacial score (nSPS) is 13.4. The second kappa shape index (κ2) is 11.3. The molecule has 3 rings (SSSR count). The van der Waals surface area contributed by atoms with E-state index in [1.165, 1.54) is 0 Å². The lowest BCUT2D eigenvalue weighted by molar-refractivity contribution is -0.123. The molecule has 174 valence electrons. The van der Waals surface area contributed by atoms with Gasteiger partial charge in [-0.3, -0.25) is 9.78 Å². The molecular formula is C23H24Cl3N5OS. The summed E-state index contributed by atoms with van der Waals surface area (Å²) in [5.74, 6) is -0.295. The van der Waals surface area contributed by atoms with E-state index in [4.69, 9.17) is 47.0 Å². The zero-order chi connectivity index (χ0) is 24.0. The van der Waals surface area contributed by atoms with Crippen LogP contribution in [0.2, 0.25) is 0 Å². The third-order valence-corrected chi connectivity index (χ3v) is 5.85. The van der Waals surface area contributed by atoms with E-state index < -0.39 is 9.96 Å². The number of thiocarbonyl (C=S) groups is 1. The van der Waals surface area contributed by atoms with Crippen molar-refractivity contribution in [1.29, 1.82) is 0 Å². The second-order valence-corrected chi connectivity index (χ2v) is 10.4. The first-order valence-corrected chi connectivity index (χ1v) is 11.7. The first kappa shape index (κ1) is 25.5. The highest BCUT2D eigenvalue weighted by atomic mass is 35.6. The van der Waals surface area contributed by atoms with Crippen LogP contribution in [0.5, 0.6) is 0 Å². The molecule has 10 heteroatoms. The van der Waals surface area contributed by atoms with Crippen LogP contribution in [0.25, 0.3) is 10.9 Å². The molecular weight excluding hydrogens is 501 g/mol. The molecule has 3 N–H and O–H groups in total. The van der Waals surface area contributed by atoms with Crippen LogP contribution in [-0.2, 0) is 4.79 Å². The SMILES string of the molecule is CN(C)C(CC(=O)NC(NC(=S)Nc1cccc2cccnc12)C(Cl)(Cl)Cl)c1ccccc1.